The van der Waals surface area contributed by atoms with E-state index < -0.39 is 8.80 Å². The molecule has 0 amide bonds. The van der Waals surface area contributed by atoms with E-state index in [-0.39, 0.29) is 10.9 Å². The topological polar surface area (TPSA) is 69.9 Å². The maximum Gasteiger partial charge on any atom is 0.532 e. The van der Waals surface area contributed by atoms with Gasteiger partial charge in [0.25, 0.3) is 0 Å². The van der Waals surface area contributed by atoms with Crippen LogP contribution in [-0.4, -0.2) is 23.2 Å². The predicted molar refractivity (Wildman–Crippen MR) is 65.0 cm³/mol. The minimum atomic E-state index is -4.36. The highest BCUT2D eigenvalue weighted by Gasteiger charge is 2.33. The Morgan fingerprint density at radius 1 is 0.765 bits per heavy atom. The minimum Gasteiger partial charge on any atom is -0.457 e. The minimum absolute atomic E-state index is 0.0313. The van der Waals surface area contributed by atoms with Gasteiger partial charge >= 0.3 is 8.80 Å². The first-order valence-corrected chi connectivity index (χ1v) is 6.91. The molecule has 3 N–H and O–H groups in total. The Bertz CT molecular complexity index is 493. The number of rotatable bonds is 3. The van der Waals surface area contributed by atoms with Gasteiger partial charge < -0.3 is 19.1 Å². The molecule has 0 radical (unpaired) electrons. The fraction of sp³-hybridized carbons (Fsp3) is 0. The van der Waals surface area contributed by atoms with Gasteiger partial charge in [0, 0.05) is 0 Å². The summed E-state index contributed by atoms with van der Waals surface area (Å²) in [5.74, 6) is 0.816. The highest BCUT2D eigenvalue weighted by atomic mass is 28.4. The Morgan fingerprint density at radius 3 is 2.00 bits per heavy atom. The van der Waals surface area contributed by atoms with E-state index >= 15 is 0 Å². The van der Waals surface area contributed by atoms with Gasteiger partial charge in [-0.2, -0.15) is 0 Å². The highest BCUT2D eigenvalue weighted by molar-refractivity contribution is 6.72. The average molecular weight is 248 g/mol. The van der Waals surface area contributed by atoms with E-state index in [1.807, 2.05) is 6.07 Å². The van der Waals surface area contributed by atoms with Gasteiger partial charge in [0.2, 0.25) is 0 Å². The third kappa shape index (κ3) is 2.92. The smallest absolute Gasteiger partial charge is 0.457 e. The zero-order valence-corrected chi connectivity index (χ0v) is 9.95. The van der Waals surface area contributed by atoms with E-state index in [0.29, 0.717) is 5.75 Å². The Kier molecular flexibility index (Phi) is 3.25. The van der Waals surface area contributed by atoms with Crippen molar-refractivity contribution >= 4 is 14.0 Å². The van der Waals surface area contributed by atoms with Gasteiger partial charge in [-0.1, -0.05) is 36.4 Å². The molecule has 0 aliphatic carbocycles. The molecule has 2 rings (SSSR count). The lowest BCUT2D eigenvalue weighted by atomic mass is 10.3. The average Bonchev–Trinajstić information content (AvgIpc) is 2.30. The number of benzene rings is 2. The van der Waals surface area contributed by atoms with Crippen LogP contribution in [0.15, 0.2) is 54.6 Å². The molecule has 0 spiro atoms. The SMILES string of the molecule is O[Si](O)(O)c1ccccc1Oc1ccccc1. The third-order valence-corrected chi connectivity index (χ3v) is 3.36. The van der Waals surface area contributed by atoms with E-state index in [1.54, 1.807) is 42.5 Å². The van der Waals surface area contributed by atoms with Gasteiger partial charge in [-0.25, -0.2) is 0 Å². The molecule has 0 heterocycles. The maximum absolute atomic E-state index is 9.32. The van der Waals surface area contributed by atoms with Gasteiger partial charge in [-0.3, -0.25) is 0 Å². The number of hydrogen-bond acceptors (Lipinski definition) is 4. The van der Waals surface area contributed by atoms with Gasteiger partial charge in [0.05, 0.1) is 5.19 Å². The normalized spacial score (nSPS) is 11.2. The fourth-order valence-electron chi connectivity index (χ4n) is 1.45. The predicted octanol–water partition coefficient (Wildman–Crippen LogP) is 0.602. The van der Waals surface area contributed by atoms with Crippen molar-refractivity contribution in [2.45, 2.75) is 0 Å². The molecular formula is C12H12O4Si. The summed E-state index contributed by atoms with van der Waals surface area (Å²) in [5.41, 5.74) is 0. The molecule has 0 fully saturated rings. The summed E-state index contributed by atoms with van der Waals surface area (Å²) in [6.45, 7) is 0. The molecule has 5 heteroatoms. The Morgan fingerprint density at radius 2 is 1.35 bits per heavy atom. The quantitative estimate of drug-likeness (QED) is 0.696. The van der Waals surface area contributed by atoms with Crippen molar-refractivity contribution in [2.24, 2.45) is 0 Å². The Labute approximate surface area is 99.7 Å². The summed E-state index contributed by atoms with van der Waals surface area (Å²) in [6.07, 6.45) is 0. The van der Waals surface area contributed by atoms with Crippen molar-refractivity contribution in [1.82, 2.24) is 0 Å². The zero-order chi connectivity index (χ0) is 12.3. The second-order valence-corrected chi connectivity index (χ2v) is 5.36. The van der Waals surface area contributed by atoms with Crippen molar-refractivity contribution in [3.8, 4) is 11.5 Å². The lowest BCUT2D eigenvalue weighted by Gasteiger charge is -2.15. The second kappa shape index (κ2) is 4.68. The largest absolute Gasteiger partial charge is 0.532 e. The van der Waals surface area contributed by atoms with Crippen LogP contribution in [-0.2, 0) is 0 Å². The van der Waals surface area contributed by atoms with Gasteiger partial charge in [-0.15, -0.1) is 0 Å². The lowest BCUT2D eigenvalue weighted by molar-refractivity contribution is 0.248. The molecule has 0 saturated heterocycles. The van der Waals surface area contributed by atoms with Crippen LogP contribution in [0.4, 0.5) is 0 Å². The number of ether oxygens (including phenoxy) is 1. The molecule has 17 heavy (non-hydrogen) atoms. The monoisotopic (exact) mass is 248 g/mol. The fourth-order valence-corrected chi connectivity index (χ4v) is 2.23. The van der Waals surface area contributed by atoms with E-state index in [9.17, 15) is 14.4 Å². The van der Waals surface area contributed by atoms with Crippen LogP contribution in [0.25, 0.3) is 0 Å². The Hall–Kier alpha value is -1.66. The summed E-state index contributed by atoms with van der Waals surface area (Å²) in [7, 11) is -4.36. The van der Waals surface area contributed by atoms with E-state index in [2.05, 4.69) is 0 Å². The van der Waals surface area contributed by atoms with Gasteiger partial charge in [0.1, 0.15) is 11.5 Å². The first-order chi connectivity index (χ1) is 8.07. The molecule has 2 aromatic carbocycles. The van der Waals surface area contributed by atoms with E-state index in [1.165, 1.54) is 6.07 Å². The molecule has 0 aromatic heterocycles. The summed E-state index contributed by atoms with van der Waals surface area (Å²) in [6, 6.07) is 15.3. The van der Waals surface area contributed by atoms with Crippen molar-refractivity contribution in [2.75, 3.05) is 0 Å². The Balaban J connectivity index is 2.34. The molecular weight excluding hydrogens is 236 g/mol. The molecule has 0 aliphatic rings. The molecule has 4 nitrogen and oxygen atoms in total. The number of para-hydroxylation sites is 2. The van der Waals surface area contributed by atoms with Crippen LogP contribution in [0.3, 0.4) is 0 Å². The van der Waals surface area contributed by atoms with Crippen LogP contribution < -0.4 is 9.92 Å². The first kappa shape index (κ1) is 11.8. The van der Waals surface area contributed by atoms with Gasteiger partial charge in [-0.05, 0) is 18.2 Å². The zero-order valence-electron chi connectivity index (χ0n) is 8.95. The third-order valence-electron chi connectivity index (χ3n) is 2.22. The standard InChI is InChI=1S/C12H12O4Si/c13-17(14,15)12-9-5-4-8-11(12)16-10-6-2-1-3-7-10/h1-9,13-15H. The molecule has 0 aliphatic heterocycles. The second-order valence-electron chi connectivity index (χ2n) is 3.55. The van der Waals surface area contributed by atoms with Crippen LogP contribution in [0.1, 0.15) is 0 Å². The maximum atomic E-state index is 9.32. The van der Waals surface area contributed by atoms with Crippen LogP contribution >= 0.6 is 0 Å². The van der Waals surface area contributed by atoms with Crippen molar-refractivity contribution in [3.05, 3.63) is 54.6 Å². The molecule has 0 unspecified atom stereocenters. The summed E-state index contributed by atoms with van der Waals surface area (Å²) in [5, 5.41) is 0.0313. The first-order valence-electron chi connectivity index (χ1n) is 5.07. The lowest BCUT2D eigenvalue weighted by Crippen LogP contribution is -2.49. The van der Waals surface area contributed by atoms with Crippen molar-refractivity contribution in [3.63, 3.8) is 0 Å². The summed E-state index contributed by atoms with van der Waals surface area (Å²) < 4.78 is 5.49. The molecule has 0 saturated carbocycles. The van der Waals surface area contributed by atoms with Crippen LogP contribution in [0, 0.1) is 0 Å². The van der Waals surface area contributed by atoms with Crippen molar-refractivity contribution < 1.29 is 19.1 Å². The van der Waals surface area contributed by atoms with Crippen LogP contribution in [0.5, 0.6) is 11.5 Å². The van der Waals surface area contributed by atoms with Crippen LogP contribution in [0.2, 0.25) is 0 Å². The van der Waals surface area contributed by atoms with Crippen molar-refractivity contribution in [1.29, 1.82) is 0 Å². The summed E-state index contributed by atoms with van der Waals surface area (Å²) >= 11 is 0. The van der Waals surface area contributed by atoms with E-state index in [4.69, 9.17) is 4.74 Å². The molecule has 88 valence electrons. The summed E-state index contributed by atoms with van der Waals surface area (Å²) in [4.78, 5) is 28.0. The molecule has 2 aromatic rings. The molecule has 0 atom stereocenters. The van der Waals surface area contributed by atoms with Gasteiger partial charge in [0.15, 0.2) is 0 Å². The highest BCUT2D eigenvalue weighted by Crippen LogP contribution is 2.19. The van der Waals surface area contributed by atoms with E-state index in [0.717, 1.165) is 0 Å². The molecule has 0 bridgehead atoms. The number of hydrogen-bond donors (Lipinski definition) is 3.